The minimum Gasteiger partial charge on any atom is -0.297 e. The van der Waals surface area contributed by atoms with Gasteiger partial charge in [0.2, 0.25) is 0 Å². The van der Waals surface area contributed by atoms with Crippen molar-refractivity contribution in [2.24, 2.45) is 7.05 Å². The Hall–Kier alpha value is -1.82. The van der Waals surface area contributed by atoms with Crippen LogP contribution in [0.25, 0.3) is 0 Å². The van der Waals surface area contributed by atoms with Crippen LogP contribution in [0, 0.1) is 0 Å². The first-order chi connectivity index (χ1) is 9.85. The van der Waals surface area contributed by atoms with Crippen molar-refractivity contribution in [2.75, 3.05) is 0 Å². The van der Waals surface area contributed by atoms with E-state index in [9.17, 15) is 9.59 Å². The maximum Gasteiger partial charge on any atom is 0.329 e. The summed E-state index contributed by atoms with van der Waals surface area (Å²) in [5, 5.41) is 4.45. The molecule has 2 aromatic rings. The Kier molecular flexibility index (Phi) is 4.37. The van der Waals surface area contributed by atoms with E-state index in [1.54, 1.807) is 4.68 Å². The molecule has 0 aliphatic carbocycles. The van der Waals surface area contributed by atoms with Crippen LogP contribution >= 0.6 is 11.6 Å². The third-order valence-electron chi connectivity index (χ3n) is 3.41. The summed E-state index contributed by atoms with van der Waals surface area (Å²) in [6.45, 7) is 5.92. The highest BCUT2D eigenvalue weighted by Gasteiger charge is 2.17. The number of nitrogens with zero attached hydrogens (tertiary/aromatic N) is 3. The fourth-order valence-corrected chi connectivity index (χ4v) is 2.77. The summed E-state index contributed by atoms with van der Waals surface area (Å²) in [6, 6.07) is 0. The van der Waals surface area contributed by atoms with Crippen molar-refractivity contribution < 1.29 is 0 Å². The van der Waals surface area contributed by atoms with E-state index in [4.69, 9.17) is 11.6 Å². The summed E-state index contributed by atoms with van der Waals surface area (Å²) in [5.41, 5.74) is 1.33. The predicted molar refractivity (Wildman–Crippen MR) is 82.1 cm³/mol. The standard InChI is InChI=1S/C14H19ClN4O2/c1-5-10-9(6-18(4)17-10)7-19-13(20)11(8(2)3)12(15)16-14(19)21/h6,8H,5,7H2,1-4H3,(H,16,21). The second-order valence-corrected chi connectivity index (χ2v) is 5.71. The molecule has 114 valence electrons. The minimum atomic E-state index is -0.500. The molecule has 0 aromatic carbocycles. The SMILES string of the molecule is CCc1nn(C)cc1Cn1c(=O)[nH]c(Cl)c(C(C)C)c1=O. The number of hydrogen-bond donors (Lipinski definition) is 1. The Labute approximate surface area is 127 Å². The average molecular weight is 311 g/mol. The Balaban J connectivity index is 2.57. The van der Waals surface area contributed by atoms with Crippen molar-refractivity contribution in [1.82, 2.24) is 19.3 Å². The number of nitrogens with one attached hydrogen (secondary N) is 1. The summed E-state index contributed by atoms with van der Waals surface area (Å²) < 4.78 is 2.87. The van der Waals surface area contributed by atoms with Crippen LogP contribution in [0.15, 0.2) is 15.8 Å². The van der Waals surface area contributed by atoms with Gasteiger partial charge in [-0.25, -0.2) is 4.79 Å². The van der Waals surface area contributed by atoms with Gasteiger partial charge in [0.05, 0.1) is 17.8 Å². The van der Waals surface area contributed by atoms with Gasteiger partial charge in [-0.1, -0.05) is 32.4 Å². The van der Waals surface area contributed by atoms with E-state index in [2.05, 4.69) is 10.1 Å². The summed E-state index contributed by atoms with van der Waals surface area (Å²) in [7, 11) is 1.82. The number of hydrogen-bond acceptors (Lipinski definition) is 3. The molecule has 21 heavy (non-hydrogen) atoms. The number of aromatic nitrogens is 4. The zero-order valence-electron chi connectivity index (χ0n) is 12.6. The Morgan fingerprint density at radius 2 is 2.05 bits per heavy atom. The van der Waals surface area contributed by atoms with Crippen LogP contribution in [-0.4, -0.2) is 19.3 Å². The van der Waals surface area contributed by atoms with Crippen LogP contribution in [0.1, 0.15) is 43.5 Å². The number of H-pyrrole nitrogens is 1. The second kappa shape index (κ2) is 5.89. The predicted octanol–water partition coefficient (Wildman–Crippen LogP) is 1.66. The molecule has 0 atom stereocenters. The maximum absolute atomic E-state index is 12.5. The molecule has 0 unspecified atom stereocenters. The molecule has 0 aliphatic rings. The van der Waals surface area contributed by atoms with E-state index in [1.165, 1.54) is 4.57 Å². The first-order valence-corrected chi connectivity index (χ1v) is 7.26. The monoisotopic (exact) mass is 310 g/mol. The summed E-state index contributed by atoms with van der Waals surface area (Å²) in [4.78, 5) is 27.1. The van der Waals surface area contributed by atoms with Crippen LogP contribution in [0.5, 0.6) is 0 Å². The third kappa shape index (κ3) is 2.95. The molecule has 0 amide bonds. The number of aromatic amines is 1. The average Bonchev–Trinajstić information content (AvgIpc) is 2.73. The first kappa shape index (κ1) is 15.6. The molecule has 0 aliphatic heterocycles. The smallest absolute Gasteiger partial charge is 0.297 e. The molecular weight excluding hydrogens is 292 g/mol. The lowest BCUT2D eigenvalue weighted by Crippen LogP contribution is -2.38. The third-order valence-corrected chi connectivity index (χ3v) is 3.70. The van der Waals surface area contributed by atoms with E-state index in [0.29, 0.717) is 5.56 Å². The molecule has 0 fully saturated rings. The minimum absolute atomic E-state index is 0.0624. The van der Waals surface area contributed by atoms with Crippen LogP contribution in [0.4, 0.5) is 0 Å². The molecule has 7 heteroatoms. The fourth-order valence-electron chi connectivity index (χ4n) is 2.39. The van der Waals surface area contributed by atoms with E-state index in [0.717, 1.165) is 17.7 Å². The van der Waals surface area contributed by atoms with Gasteiger partial charge in [0.1, 0.15) is 5.15 Å². The van der Waals surface area contributed by atoms with Crippen LogP contribution in [0.2, 0.25) is 5.15 Å². The van der Waals surface area contributed by atoms with Crippen molar-refractivity contribution in [2.45, 2.75) is 39.7 Å². The van der Waals surface area contributed by atoms with Crippen LogP contribution in [-0.2, 0) is 20.0 Å². The van der Waals surface area contributed by atoms with Crippen molar-refractivity contribution in [3.05, 3.63) is 49.0 Å². The molecule has 2 rings (SSSR count). The van der Waals surface area contributed by atoms with Crippen molar-refractivity contribution >= 4 is 11.6 Å². The Morgan fingerprint density at radius 3 is 2.62 bits per heavy atom. The van der Waals surface area contributed by atoms with Gasteiger partial charge in [-0.2, -0.15) is 5.10 Å². The lowest BCUT2D eigenvalue weighted by molar-refractivity contribution is 0.666. The first-order valence-electron chi connectivity index (χ1n) is 6.89. The molecular formula is C14H19ClN4O2. The van der Waals surface area contributed by atoms with E-state index in [1.807, 2.05) is 34.0 Å². The van der Waals surface area contributed by atoms with E-state index < -0.39 is 5.69 Å². The van der Waals surface area contributed by atoms with Gasteiger partial charge in [-0.05, 0) is 12.3 Å². The summed E-state index contributed by atoms with van der Waals surface area (Å²) >= 11 is 5.98. The largest absolute Gasteiger partial charge is 0.329 e. The zero-order chi connectivity index (χ0) is 15.7. The van der Waals surface area contributed by atoms with Crippen molar-refractivity contribution in [3.63, 3.8) is 0 Å². The van der Waals surface area contributed by atoms with Crippen LogP contribution in [0.3, 0.4) is 0 Å². The maximum atomic E-state index is 12.5. The normalized spacial score (nSPS) is 11.3. The van der Waals surface area contributed by atoms with Crippen LogP contribution < -0.4 is 11.2 Å². The molecule has 6 nitrogen and oxygen atoms in total. The molecule has 0 radical (unpaired) electrons. The molecule has 0 saturated heterocycles. The number of rotatable bonds is 4. The van der Waals surface area contributed by atoms with E-state index >= 15 is 0 Å². The van der Waals surface area contributed by atoms with E-state index in [-0.39, 0.29) is 23.2 Å². The molecule has 1 N–H and O–H groups in total. The lowest BCUT2D eigenvalue weighted by Gasteiger charge is -2.11. The van der Waals surface area contributed by atoms with Crippen molar-refractivity contribution in [1.29, 1.82) is 0 Å². The number of halogens is 1. The zero-order valence-corrected chi connectivity index (χ0v) is 13.4. The van der Waals surface area contributed by atoms with Gasteiger partial charge in [0.15, 0.2) is 0 Å². The summed E-state index contributed by atoms with van der Waals surface area (Å²) in [6.07, 6.45) is 2.57. The molecule has 2 heterocycles. The van der Waals surface area contributed by atoms with Gasteiger partial charge >= 0.3 is 5.69 Å². The molecule has 0 saturated carbocycles. The van der Waals surface area contributed by atoms with Gasteiger partial charge in [0.25, 0.3) is 5.56 Å². The quantitative estimate of drug-likeness (QED) is 0.873. The Morgan fingerprint density at radius 1 is 1.38 bits per heavy atom. The van der Waals surface area contributed by atoms with Gasteiger partial charge in [-0.3, -0.25) is 19.0 Å². The summed E-state index contributed by atoms with van der Waals surface area (Å²) in [5.74, 6) is -0.0624. The van der Waals surface area contributed by atoms with Gasteiger partial charge in [-0.15, -0.1) is 0 Å². The van der Waals surface area contributed by atoms with Gasteiger partial charge in [0, 0.05) is 18.8 Å². The highest BCUT2D eigenvalue weighted by Crippen LogP contribution is 2.17. The number of aryl methyl sites for hydroxylation is 2. The molecule has 0 spiro atoms. The van der Waals surface area contributed by atoms with Gasteiger partial charge < -0.3 is 0 Å². The fraction of sp³-hybridized carbons (Fsp3) is 0.500. The Bertz CT molecular complexity index is 770. The highest BCUT2D eigenvalue weighted by atomic mass is 35.5. The topological polar surface area (TPSA) is 72.7 Å². The molecule has 0 bridgehead atoms. The lowest BCUT2D eigenvalue weighted by atomic mass is 10.1. The second-order valence-electron chi connectivity index (χ2n) is 5.33. The van der Waals surface area contributed by atoms with Crippen molar-refractivity contribution in [3.8, 4) is 0 Å². The highest BCUT2D eigenvalue weighted by molar-refractivity contribution is 6.30. The molecule has 2 aromatic heterocycles.